The van der Waals surface area contributed by atoms with Gasteiger partial charge in [0.15, 0.2) is 0 Å². The molecule has 6 heteroatoms. The zero-order valence-electron chi connectivity index (χ0n) is 16.3. The summed E-state index contributed by atoms with van der Waals surface area (Å²) in [5.41, 5.74) is 0.442. The van der Waals surface area contributed by atoms with Crippen molar-refractivity contribution in [2.24, 2.45) is 5.92 Å². The molecule has 1 fully saturated rings. The van der Waals surface area contributed by atoms with Crippen LogP contribution in [-0.4, -0.2) is 48.2 Å². The second kappa shape index (κ2) is 8.54. The number of carbonyl (C=O) groups excluding carboxylic acids is 2. The van der Waals surface area contributed by atoms with Crippen molar-refractivity contribution < 1.29 is 19.1 Å². The van der Waals surface area contributed by atoms with Gasteiger partial charge in [-0.25, -0.2) is 4.79 Å². The Hall–Kier alpha value is -2.08. The molecule has 2 rings (SSSR count). The third-order valence-electron chi connectivity index (χ3n) is 4.15. The summed E-state index contributed by atoms with van der Waals surface area (Å²) in [6.45, 7) is 10.7. The molecule has 1 heterocycles. The summed E-state index contributed by atoms with van der Waals surface area (Å²) in [6.07, 6.45) is -0.722. The molecular weight excluding hydrogens is 332 g/mol. The normalized spacial score (nSPS) is 19.2. The van der Waals surface area contributed by atoms with Crippen LogP contribution in [0.15, 0.2) is 30.3 Å². The minimum Gasteiger partial charge on any atom is -0.444 e. The van der Waals surface area contributed by atoms with E-state index in [1.165, 1.54) is 0 Å². The van der Waals surface area contributed by atoms with Crippen LogP contribution in [0.4, 0.5) is 4.79 Å². The number of hydrogen-bond donors (Lipinski definition) is 1. The molecule has 1 aromatic carbocycles. The van der Waals surface area contributed by atoms with E-state index in [9.17, 15) is 9.59 Å². The molecule has 1 aliphatic heterocycles. The van der Waals surface area contributed by atoms with Gasteiger partial charge in [0.05, 0.1) is 13.2 Å². The smallest absolute Gasteiger partial charge is 0.408 e. The van der Waals surface area contributed by atoms with Crippen LogP contribution in [0.3, 0.4) is 0 Å². The number of amides is 2. The van der Waals surface area contributed by atoms with E-state index in [1.807, 2.05) is 44.2 Å². The number of morpholine rings is 1. The molecule has 0 bridgehead atoms. The van der Waals surface area contributed by atoms with Crippen molar-refractivity contribution in [3.05, 3.63) is 35.9 Å². The van der Waals surface area contributed by atoms with Crippen LogP contribution in [0.1, 0.15) is 46.3 Å². The monoisotopic (exact) mass is 362 g/mol. The summed E-state index contributed by atoms with van der Waals surface area (Å²) in [5.74, 6) is -0.150. The lowest BCUT2D eigenvalue weighted by molar-refractivity contribution is -0.142. The zero-order chi connectivity index (χ0) is 19.3. The van der Waals surface area contributed by atoms with Gasteiger partial charge >= 0.3 is 6.09 Å². The molecular formula is C20H30N2O4. The van der Waals surface area contributed by atoms with Crippen LogP contribution in [0.25, 0.3) is 0 Å². The maximum atomic E-state index is 13.0. The summed E-state index contributed by atoms with van der Waals surface area (Å²) < 4.78 is 11.1. The Kier molecular flexibility index (Phi) is 6.64. The van der Waals surface area contributed by atoms with E-state index in [0.717, 1.165) is 5.56 Å². The molecule has 1 N–H and O–H groups in total. The maximum absolute atomic E-state index is 13.0. The first-order valence-electron chi connectivity index (χ1n) is 9.12. The van der Waals surface area contributed by atoms with E-state index < -0.39 is 17.7 Å². The highest BCUT2D eigenvalue weighted by Crippen LogP contribution is 2.23. The summed E-state index contributed by atoms with van der Waals surface area (Å²) in [5, 5.41) is 2.73. The van der Waals surface area contributed by atoms with E-state index in [2.05, 4.69) is 5.32 Å². The number of ether oxygens (including phenoxy) is 2. The van der Waals surface area contributed by atoms with Crippen LogP contribution in [0.2, 0.25) is 0 Å². The molecule has 2 atom stereocenters. The van der Waals surface area contributed by atoms with Gasteiger partial charge in [-0.05, 0) is 32.3 Å². The van der Waals surface area contributed by atoms with E-state index in [-0.39, 0.29) is 17.9 Å². The van der Waals surface area contributed by atoms with Crippen molar-refractivity contribution in [2.45, 2.75) is 52.4 Å². The fourth-order valence-corrected chi connectivity index (χ4v) is 2.86. The minimum absolute atomic E-state index is 0.0481. The molecule has 0 saturated carbocycles. The van der Waals surface area contributed by atoms with Gasteiger partial charge in [-0.2, -0.15) is 0 Å². The Morgan fingerprint density at radius 1 is 1.23 bits per heavy atom. The zero-order valence-corrected chi connectivity index (χ0v) is 16.3. The number of alkyl carbamates (subject to hydrolysis) is 1. The molecule has 2 unspecified atom stereocenters. The van der Waals surface area contributed by atoms with Gasteiger partial charge < -0.3 is 19.7 Å². The molecule has 2 amide bonds. The second-order valence-corrected chi connectivity index (χ2v) is 7.92. The largest absolute Gasteiger partial charge is 0.444 e. The topological polar surface area (TPSA) is 67.9 Å². The first-order chi connectivity index (χ1) is 12.2. The highest BCUT2D eigenvalue weighted by molar-refractivity contribution is 5.86. The third-order valence-corrected chi connectivity index (χ3v) is 4.15. The fourth-order valence-electron chi connectivity index (χ4n) is 2.86. The van der Waals surface area contributed by atoms with Gasteiger partial charge in [-0.15, -0.1) is 0 Å². The van der Waals surface area contributed by atoms with Gasteiger partial charge in [-0.1, -0.05) is 44.2 Å². The average Bonchev–Trinajstić information content (AvgIpc) is 2.58. The second-order valence-electron chi connectivity index (χ2n) is 7.92. The lowest BCUT2D eigenvalue weighted by Gasteiger charge is -2.36. The molecule has 0 radical (unpaired) electrons. The highest BCUT2D eigenvalue weighted by atomic mass is 16.6. The number of nitrogens with one attached hydrogen (secondary N) is 1. The van der Waals surface area contributed by atoms with Gasteiger partial charge in [0.25, 0.3) is 0 Å². The maximum Gasteiger partial charge on any atom is 0.408 e. The summed E-state index contributed by atoms with van der Waals surface area (Å²) >= 11 is 0. The minimum atomic E-state index is -0.626. The van der Waals surface area contributed by atoms with Gasteiger partial charge in [0.2, 0.25) is 5.91 Å². The molecule has 1 saturated heterocycles. The van der Waals surface area contributed by atoms with Crippen LogP contribution >= 0.6 is 0 Å². The average molecular weight is 362 g/mol. The van der Waals surface area contributed by atoms with E-state index in [0.29, 0.717) is 19.7 Å². The SMILES string of the molecule is CC(C)C(NC(=O)OC(C)(C)C)C(=O)N1CCOC(c2ccccc2)C1. The van der Waals surface area contributed by atoms with Crippen molar-refractivity contribution in [1.29, 1.82) is 0 Å². The molecule has 1 aromatic rings. The summed E-state index contributed by atoms with van der Waals surface area (Å²) in [6, 6.07) is 9.24. The Balaban J connectivity index is 2.04. The molecule has 0 spiro atoms. The molecule has 0 aromatic heterocycles. The predicted octanol–water partition coefficient (Wildman–Crippen LogP) is 3.14. The quantitative estimate of drug-likeness (QED) is 0.893. The third kappa shape index (κ3) is 5.73. The van der Waals surface area contributed by atoms with Gasteiger partial charge in [-0.3, -0.25) is 4.79 Å². The van der Waals surface area contributed by atoms with Crippen molar-refractivity contribution in [1.82, 2.24) is 10.2 Å². The lowest BCUT2D eigenvalue weighted by Crippen LogP contribution is -2.54. The van der Waals surface area contributed by atoms with E-state index >= 15 is 0 Å². The lowest BCUT2D eigenvalue weighted by atomic mass is 10.0. The van der Waals surface area contributed by atoms with Crippen molar-refractivity contribution >= 4 is 12.0 Å². The number of carbonyl (C=O) groups is 2. The number of benzene rings is 1. The molecule has 6 nitrogen and oxygen atoms in total. The van der Waals surface area contributed by atoms with E-state index in [1.54, 1.807) is 25.7 Å². The number of rotatable bonds is 4. The van der Waals surface area contributed by atoms with Gasteiger partial charge in [0.1, 0.15) is 17.7 Å². The van der Waals surface area contributed by atoms with Crippen LogP contribution in [0, 0.1) is 5.92 Å². The standard InChI is InChI=1S/C20H30N2O4/c1-14(2)17(21-19(24)26-20(3,4)5)18(23)22-11-12-25-16(13-22)15-9-7-6-8-10-15/h6-10,14,16-17H,11-13H2,1-5H3,(H,21,24). The highest BCUT2D eigenvalue weighted by Gasteiger charge is 2.33. The Labute approximate surface area is 155 Å². The van der Waals surface area contributed by atoms with Crippen molar-refractivity contribution in [3.8, 4) is 0 Å². The molecule has 0 aliphatic carbocycles. The van der Waals surface area contributed by atoms with Crippen LogP contribution in [0.5, 0.6) is 0 Å². The molecule has 144 valence electrons. The number of hydrogen-bond acceptors (Lipinski definition) is 4. The first kappa shape index (κ1) is 20.2. The Morgan fingerprint density at radius 3 is 2.46 bits per heavy atom. The molecule has 1 aliphatic rings. The van der Waals surface area contributed by atoms with E-state index in [4.69, 9.17) is 9.47 Å². The summed E-state index contributed by atoms with van der Waals surface area (Å²) in [4.78, 5) is 26.9. The van der Waals surface area contributed by atoms with Crippen LogP contribution in [-0.2, 0) is 14.3 Å². The molecule has 26 heavy (non-hydrogen) atoms. The van der Waals surface area contributed by atoms with Crippen molar-refractivity contribution in [2.75, 3.05) is 19.7 Å². The van der Waals surface area contributed by atoms with Gasteiger partial charge in [0, 0.05) is 6.54 Å². The predicted molar refractivity (Wildman–Crippen MR) is 99.7 cm³/mol. The number of nitrogens with zero attached hydrogens (tertiary/aromatic N) is 1. The fraction of sp³-hybridized carbons (Fsp3) is 0.600. The first-order valence-corrected chi connectivity index (χ1v) is 9.12. The summed E-state index contributed by atoms with van der Waals surface area (Å²) in [7, 11) is 0. The Morgan fingerprint density at radius 2 is 1.88 bits per heavy atom. The Bertz CT molecular complexity index is 610. The van der Waals surface area contributed by atoms with Crippen molar-refractivity contribution in [3.63, 3.8) is 0 Å². The van der Waals surface area contributed by atoms with Crippen LogP contribution < -0.4 is 5.32 Å².